The zero-order valence-electron chi connectivity index (χ0n) is 16.2. The maximum atomic E-state index is 12.1. The number of rotatable bonds is 6. The molecule has 0 aliphatic heterocycles. The summed E-state index contributed by atoms with van der Waals surface area (Å²) in [5.74, 6) is 0.390. The molecule has 3 aromatic rings. The summed E-state index contributed by atoms with van der Waals surface area (Å²) in [5, 5.41) is 9.05. The smallest absolute Gasteiger partial charge is 0.271 e. The lowest BCUT2D eigenvalue weighted by molar-refractivity contribution is 0.0955. The normalized spacial score (nSPS) is 11.1. The van der Waals surface area contributed by atoms with Crippen molar-refractivity contribution in [2.24, 2.45) is 5.10 Å². The van der Waals surface area contributed by atoms with E-state index >= 15 is 0 Å². The number of carbonyl (C=O) groups is 1. The monoisotopic (exact) mass is 474 g/mol. The molecule has 1 aromatic heterocycles. The minimum Gasteiger partial charge on any atom is -0.496 e. The van der Waals surface area contributed by atoms with E-state index in [0.29, 0.717) is 17.1 Å². The third kappa shape index (κ3) is 5.05. The highest BCUT2D eigenvalue weighted by atomic mass is 79.9. The Bertz CT molecular complexity index is 1080. The number of benzene rings is 2. The molecule has 0 unspecified atom stereocenters. The molecule has 3 rings (SSSR count). The number of hydrazone groups is 1. The van der Waals surface area contributed by atoms with Gasteiger partial charge < -0.3 is 4.74 Å². The highest BCUT2D eigenvalue weighted by Gasteiger charge is 2.12. The number of amides is 1. The van der Waals surface area contributed by atoms with Crippen molar-refractivity contribution < 1.29 is 9.53 Å². The van der Waals surface area contributed by atoms with Crippen LogP contribution in [-0.4, -0.2) is 29.0 Å². The second-order valence-corrected chi connectivity index (χ2v) is 7.65. The molecule has 6 nitrogen and oxygen atoms in total. The van der Waals surface area contributed by atoms with Gasteiger partial charge >= 0.3 is 0 Å². The van der Waals surface area contributed by atoms with Crippen molar-refractivity contribution in [1.82, 2.24) is 15.2 Å². The van der Waals surface area contributed by atoms with Gasteiger partial charge in [0.15, 0.2) is 0 Å². The van der Waals surface area contributed by atoms with Crippen molar-refractivity contribution >= 4 is 39.7 Å². The van der Waals surface area contributed by atoms with Gasteiger partial charge in [-0.15, -0.1) is 0 Å². The predicted octanol–water partition coefficient (Wildman–Crippen LogP) is 4.74. The molecular formula is C21H20BrClN4O2. The van der Waals surface area contributed by atoms with Crippen LogP contribution in [0.5, 0.6) is 5.75 Å². The summed E-state index contributed by atoms with van der Waals surface area (Å²) in [6, 6.07) is 12.4. The average Bonchev–Trinajstić information content (AvgIpc) is 2.95. The molecule has 0 atom stereocenters. The summed E-state index contributed by atoms with van der Waals surface area (Å²) < 4.78 is 8.47. The first-order valence-electron chi connectivity index (χ1n) is 8.84. The number of nitrogens with one attached hydrogen (secondary N) is 1. The van der Waals surface area contributed by atoms with Gasteiger partial charge in [-0.25, -0.2) is 5.43 Å². The molecule has 0 spiro atoms. The van der Waals surface area contributed by atoms with Crippen molar-refractivity contribution in [2.75, 3.05) is 7.11 Å². The fraction of sp³-hybridized carbons (Fsp3) is 0.190. The Labute approximate surface area is 182 Å². The lowest BCUT2D eigenvalue weighted by Gasteiger charge is -2.11. The topological polar surface area (TPSA) is 68.5 Å². The molecule has 0 saturated heterocycles. The van der Waals surface area contributed by atoms with E-state index in [-0.39, 0.29) is 5.91 Å². The Hall–Kier alpha value is -2.64. The zero-order chi connectivity index (χ0) is 21.0. The summed E-state index contributed by atoms with van der Waals surface area (Å²) in [6.45, 7) is 4.56. The third-order valence-corrected chi connectivity index (χ3v) is 5.77. The van der Waals surface area contributed by atoms with E-state index in [1.165, 1.54) is 0 Å². The summed E-state index contributed by atoms with van der Waals surface area (Å²) in [4.78, 5) is 12.1. The molecule has 1 amide bonds. The van der Waals surface area contributed by atoms with Crippen LogP contribution in [0.3, 0.4) is 0 Å². The van der Waals surface area contributed by atoms with Gasteiger partial charge in [-0.1, -0.05) is 29.8 Å². The Morgan fingerprint density at radius 1 is 1.31 bits per heavy atom. The van der Waals surface area contributed by atoms with Crippen LogP contribution in [0.1, 0.15) is 32.9 Å². The number of hydrogen-bond acceptors (Lipinski definition) is 4. The minimum atomic E-state index is -0.331. The van der Waals surface area contributed by atoms with Crippen LogP contribution in [0.2, 0.25) is 5.02 Å². The van der Waals surface area contributed by atoms with Crippen LogP contribution >= 0.6 is 27.5 Å². The first-order chi connectivity index (χ1) is 13.9. The van der Waals surface area contributed by atoms with Crippen LogP contribution in [0, 0.1) is 13.8 Å². The third-order valence-electron chi connectivity index (χ3n) is 4.39. The first-order valence-corrected chi connectivity index (χ1v) is 10.0. The molecule has 1 N–H and O–H groups in total. The molecule has 0 bridgehead atoms. The minimum absolute atomic E-state index is 0.331. The molecule has 0 radical (unpaired) electrons. The van der Waals surface area contributed by atoms with Crippen molar-refractivity contribution in [3.63, 3.8) is 0 Å². The van der Waals surface area contributed by atoms with E-state index in [1.807, 2.05) is 36.7 Å². The Kier molecular flexibility index (Phi) is 6.71. The van der Waals surface area contributed by atoms with Gasteiger partial charge in [-0.05, 0) is 59.6 Å². The summed E-state index contributed by atoms with van der Waals surface area (Å²) in [6.07, 6.45) is 1.56. The number of hydrogen-bond donors (Lipinski definition) is 1. The van der Waals surface area contributed by atoms with Crippen molar-refractivity contribution in [2.45, 2.75) is 20.4 Å². The Morgan fingerprint density at radius 2 is 2.10 bits per heavy atom. The fourth-order valence-corrected chi connectivity index (χ4v) is 3.30. The Balaban J connectivity index is 1.72. The average molecular weight is 476 g/mol. The molecule has 150 valence electrons. The largest absolute Gasteiger partial charge is 0.496 e. The van der Waals surface area contributed by atoms with Crippen LogP contribution in [0.4, 0.5) is 0 Å². The van der Waals surface area contributed by atoms with Gasteiger partial charge in [0.1, 0.15) is 5.75 Å². The van der Waals surface area contributed by atoms with E-state index in [1.54, 1.807) is 37.6 Å². The number of nitrogens with zero attached hydrogens (tertiary/aromatic N) is 3. The molecule has 8 heteroatoms. The molecule has 2 aromatic carbocycles. The van der Waals surface area contributed by atoms with E-state index < -0.39 is 0 Å². The molecular weight excluding hydrogens is 456 g/mol. The predicted molar refractivity (Wildman–Crippen MR) is 118 cm³/mol. The highest BCUT2D eigenvalue weighted by Crippen LogP contribution is 2.24. The van der Waals surface area contributed by atoms with Gasteiger partial charge in [0, 0.05) is 16.1 Å². The second-order valence-electron chi connectivity index (χ2n) is 6.42. The lowest BCUT2D eigenvalue weighted by Crippen LogP contribution is -2.17. The molecule has 0 aliphatic carbocycles. The zero-order valence-corrected chi connectivity index (χ0v) is 18.6. The molecule has 1 heterocycles. The Morgan fingerprint density at radius 3 is 2.76 bits per heavy atom. The number of ether oxygens (including phenoxy) is 1. The van der Waals surface area contributed by atoms with Gasteiger partial charge in [-0.2, -0.15) is 10.2 Å². The van der Waals surface area contributed by atoms with Crippen molar-refractivity contribution in [3.05, 3.63) is 80.0 Å². The van der Waals surface area contributed by atoms with E-state index in [0.717, 1.165) is 32.7 Å². The second kappa shape index (κ2) is 9.24. The van der Waals surface area contributed by atoms with Gasteiger partial charge in [0.25, 0.3) is 5.91 Å². The lowest BCUT2D eigenvalue weighted by atomic mass is 10.1. The molecule has 0 fully saturated rings. The summed E-state index contributed by atoms with van der Waals surface area (Å²) in [5.41, 5.74) is 6.73. The fourth-order valence-electron chi connectivity index (χ4n) is 2.82. The summed E-state index contributed by atoms with van der Waals surface area (Å²) in [7, 11) is 1.62. The van der Waals surface area contributed by atoms with Crippen LogP contribution in [0.15, 0.2) is 52.0 Å². The number of aryl methyl sites for hydroxylation is 1. The van der Waals surface area contributed by atoms with Crippen molar-refractivity contribution in [3.8, 4) is 5.75 Å². The molecule has 29 heavy (non-hydrogen) atoms. The maximum Gasteiger partial charge on any atom is 0.271 e. The SMILES string of the molecule is COc1cc(/C=N\NC(=O)c2cccc(Cl)c2)ccc1Cn1nc(C)c(Br)c1C. The van der Waals surface area contributed by atoms with Crippen molar-refractivity contribution in [1.29, 1.82) is 0 Å². The summed E-state index contributed by atoms with van der Waals surface area (Å²) >= 11 is 9.45. The van der Waals surface area contributed by atoms with Gasteiger partial charge in [0.2, 0.25) is 0 Å². The maximum absolute atomic E-state index is 12.1. The quantitative estimate of drug-likeness (QED) is 0.414. The number of halogens is 2. The van der Waals surface area contributed by atoms with E-state index in [9.17, 15) is 4.79 Å². The number of methoxy groups -OCH3 is 1. The van der Waals surface area contributed by atoms with Crippen LogP contribution < -0.4 is 10.2 Å². The van der Waals surface area contributed by atoms with E-state index in [4.69, 9.17) is 16.3 Å². The van der Waals surface area contributed by atoms with Gasteiger partial charge in [-0.3, -0.25) is 9.48 Å². The molecule has 0 aliphatic rings. The van der Waals surface area contributed by atoms with Crippen LogP contribution in [0.25, 0.3) is 0 Å². The first kappa shape index (κ1) is 21.1. The van der Waals surface area contributed by atoms with E-state index in [2.05, 4.69) is 31.6 Å². The van der Waals surface area contributed by atoms with Gasteiger partial charge in [0.05, 0.1) is 35.7 Å². The van der Waals surface area contributed by atoms with Crippen LogP contribution in [-0.2, 0) is 6.54 Å². The standard InChI is InChI=1S/C21H20BrClN4O2/c1-13-20(22)14(2)27(26-13)12-17-8-7-15(9-19(17)29-3)11-24-25-21(28)16-5-4-6-18(23)10-16/h4-11H,12H2,1-3H3,(H,25,28)/b24-11-. The number of aromatic nitrogens is 2. The molecule has 0 saturated carbocycles. The number of carbonyl (C=O) groups excluding carboxylic acids is 1. The highest BCUT2D eigenvalue weighted by molar-refractivity contribution is 9.10.